The van der Waals surface area contributed by atoms with Crippen molar-refractivity contribution in [3.8, 4) is 0 Å². The van der Waals surface area contributed by atoms with Gasteiger partial charge in [-0.2, -0.15) is 5.21 Å². The van der Waals surface area contributed by atoms with Crippen LogP contribution in [0, 0.1) is 0 Å². The van der Waals surface area contributed by atoms with Crippen LogP contribution in [0.25, 0.3) is 0 Å². The molecule has 0 amide bonds. The van der Waals surface area contributed by atoms with Crippen LogP contribution in [0.3, 0.4) is 0 Å². The molecule has 0 saturated heterocycles. The molecule has 0 radical (unpaired) electrons. The molecule has 0 aliphatic heterocycles. The minimum atomic E-state index is 0.488. The van der Waals surface area contributed by atoms with Gasteiger partial charge in [-0.25, -0.2) is 0 Å². The van der Waals surface area contributed by atoms with Crippen LogP contribution in [0.1, 0.15) is 115 Å². The maximum Gasteiger partial charge on any atom is 0.177 e. The average Bonchev–Trinajstić information content (AvgIpc) is 3.06. The molecule has 0 saturated carbocycles. The Bertz CT molecular complexity index is 324. The van der Waals surface area contributed by atoms with Crippen LogP contribution in [0.5, 0.6) is 0 Å². The summed E-state index contributed by atoms with van der Waals surface area (Å²) in [4.78, 5) is 0. The molecule has 0 aliphatic carbocycles. The van der Waals surface area contributed by atoms with Gasteiger partial charge in [0.25, 0.3) is 0 Å². The molecule has 1 rings (SSSR count). The Morgan fingerprint density at radius 3 is 1.77 bits per heavy atom. The van der Waals surface area contributed by atoms with E-state index in [9.17, 15) is 0 Å². The van der Waals surface area contributed by atoms with Gasteiger partial charge < -0.3 is 0 Å². The van der Waals surface area contributed by atoms with Crippen LogP contribution < -0.4 is 0 Å². The number of unbranched alkanes of at least 4 members (excludes halogenated alkanes) is 11. The summed E-state index contributed by atoms with van der Waals surface area (Å²) in [5.41, 5.74) is 0. The van der Waals surface area contributed by atoms with Crippen molar-refractivity contribution in [2.45, 2.75) is 110 Å². The number of nitrogens with one attached hydrogen (secondary N) is 1. The van der Waals surface area contributed by atoms with Crippen molar-refractivity contribution >= 4 is 0 Å². The third-order valence-electron chi connectivity index (χ3n) is 4.63. The van der Waals surface area contributed by atoms with E-state index in [2.05, 4.69) is 34.5 Å². The largest absolute Gasteiger partial charge is 0.177 e. The summed E-state index contributed by atoms with van der Waals surface area (Å²) in [6.45, 7) is 4.49. The molecule has 1 atom stereocenters. The Morgan fingerprint density at radius 2 is 1.32 bits per heavy atom. The highest BCUT2D eigenvalue weighted by molar-refractivity contribution is 4.89. The standard InChI is InChI=1S/C18H36N4/c1-3-5-6-7-8-9-10-11-12-13-14-15-16-17(4-2)18-19-21-22-20-18/h17H,3-16H2,1-2H3,(H,19,20,21,22). The van der Waals surface area contributed by atoms with Crippen molar-refractivity contribution in [3.05, 3.63) is 5.82 Å². The Morgan fingerprint density at radius 1 is 0.773 bits per heavy atom. The number of H-pyrrole nitrogens is 1. The van der Waals surface area contributed by atoms with E-state index < -0.39 is 0 Å². The summed E-state index contributed by atoms with van der Waals surface area (Å²) >= 11 is 0. The van der Waals surface area contributed by atoms with Gasteiger partial charge in [0, 0.05) is 5.92 Å². The highest BCUT2D eigenvalue weighted by Crippen LogP contribution is 2.22. The van der Waals surface area contributed by atoms with Crippen LogP contribution in [0.2, 0.25) is 0 Å². The molecule has 0 aromatic carbocycles. The van der Waals surface area contributed by atoms with Gasteiger partial charge in [-0.15, -0.1) is 10.2 Å². The van der Waals surface area contributed by atoms with Gasteiger partial charge in [0.05, 0.1) is 0 Å². The van der Waals surface area contributed by atoms with E-state index in [1.165, 1.54) is 83.5 Å². The summed E-state index contributed by atoms with van der Waals surface area (Å²) in [7, 11) is 0. The maximum atomic E-state index is 4.12. The number of tetrazole rings is 1. The number of nitrogens with zero attached hydrogens (tertiary/aromatic N) is 3. The highest BCUT2D eigenvalue weighted by atomic mass is 15.5. The van der Waals surface area contributed by atoms with Gasteiger partial charge in [0.15, 0.2) is 5.82 Å². The second kappa shape index (κ2) is 13.7. The van der Waals surface area contributed by atoms with E-state index in [-0.39, 0.29) is 0 Å². The van der Waals surface area contributed by atoms with E-state index in [0.717, 1.165) is 12.2 Å². The van der Waals surface area contributed by atoms with E-state index >= 15 is 0 Å². The fraction of sp³-hybridized carbons (Fsp3) is 0.944. The molecule has 0 aliphatic rings. The third-order valence-corrected chi connectivity index (χ3v) is 4.63. The number of rotatable bonds is 15. The Hall–Kier alpha value is -0.930. The second-order valence-corrected chi connectivity index (χ2v) is 6.55. The minimum absolute atomic E-state index is 0.488. The quantitative estimate of drug-likeness (QED) is 0.417. The van der Waals surface area contributed by atoms with Crippen LogP contribution in [-0.2, 0) is 0 Å². The first-order valence-corrected chi connectivity index (χ1v) is 9.61. The Kier molecular flexibility index (Phi) is 11.9. The SMILES string of the molecule is CCCCCCCCCCCCCCC(CC)c1nn[nH]n1. The molecule has 1 heterocycles. The summed E-state index contributed by atoms with van der Waals surface area (Å²) in [5, 5.41) is 14.5. The molecule has 0 fully saturated rings. The second-order valence-electron chi connectivity index (χ2n) is 6.55. The van der Waals surface area contributed by atoms with E-state index in [0.29, 0.717) is 5.92 Å². The molecule has 4 nitrogen and oxygen atoms in total. The normalized spacial score (nSPS) is 12.6. The first kappa shape index (κ1) is 19.1. The fourth-order valence-corrected chi connectivity index (χ4v) is 3.09. The lowest BCUT2D eigenvalue weighted by atomic mass is 9.97. The third kappa shape index (κ3) is 9.16. The lowest BCUT2D eigenvalue weighted by Crippen LogP contribution is -2.00. The molecule has 128 valence electrons. The Labute approximate surface area is 136 Å². The molecular weight excluding hydrogens is 272 g/mol. The highest BCUT2D eigenvalue weighted by Gasteiger charge is 2.13. The van der Waals surface area contributed by atoms with E-state index in [4.69, 9.17) is 0 Å². The molecule has 4 heteroatoms. The summed E-state index contributed by atoms with van der Waals surface area (Å²) in [5.74, 6) is 1.38. The van der Waals surface area contributed by atoms with E-state index in [1.54, 1.807) is 0 Å². The zero-order chi connectivity index (χ0) is 15.9. The van der Waals surface area contributed by atoms with Crippen molar-refractivity contribution in [2.24, 2.45) is 0 Å². The summed E-state index contributed by atoms with van der Waals surface area (Å²) in [6.07, 6.45) is 19.2. The summed E-state index contributed by atoms with van der Waals surface area (Å²) in [6, 6.07) is 0. The number of aromatic nitrogens is 4. The molecule has 1 aromatic rings. The van der Waals surface area contributed by atoms with Gasteiger partial charge in [-0.1, -0.05) is 96.1 Å². The average molecular weight is 309 g/mol. The maximum absolute atomic E-state index is 4.12. The lowest BCUT2D eigenvalue weighted by molar-refractivity contribution is 0.504. The van der Waals surface area contributed by atoms with Gasteiger partial charge in [0.1, 0.15) is 0 Å². The molecule has 1 unspecified atom stereocenters. The smallest absolute Gasteiger partial charge is 0.177 e. The van der Waals surface area contributed by atoms with E-state index in [1.807, 2.05) is 0 Å². The van der Waals surface area contributed by atoms with Gasteiger partial charge in [-0.05, 0) is 12.8 Å². The van der Waals surface area contributed by atoms with Crippen molar-refractivity contribution < 1.29 is 0 Å². The van der Waals surface area contributed by atoms with Crippen molar-refractivity contribution in [2.75, 3.05) is 0 Å². The molecule has 1 N–H and O–H groups in total. The van der Waals surface area contributed by atoms with Crippen molar-refractivity contribution in [1.29, 1.82) is 0 Å². The van der Waals surface area contributed by atoms with Crippen LogP contribution in [-0.4, -0.2) is 20.6 Å². The Balaban J connectivity index is 1.85. The summed E-state index contributed by atoms with van der Waals surface area (Å²) < 4.78 is 0. The number of aromatic amines is 1. The molecule has 0 bridgehead atoms. The van der Waals surface area contributed by atoms with Gasteiger partial charge >= 0.3 is 0 Å². The lowest BCUT2D eigenvalue weighted by Gasteiger charge is -2.09. The zero-order valence-corrected chi connectivity index (χ0v) is 14.8. The molecule has 0 spiro atoms. The fourth-order valence-electron chi connectivity index (χ4n) is 3.09. The first-order chi connectivity index (χ1) is 10.9. The minimum Gasteiger partial charge on any atom is -0.177 e. The van der Waals surface area contributed by atoms with Crippen LogP contribution in [0.4, 0.5) is 0 Å². The van der Waals surface area contributed by atoms with Crippen molar-refractivity contribution in [3.63, 3.8) is 0 Å². The number of hydrogen-bond donors (Lipinski definition) is 1. The first-order valence-electron chi connectivity index (χ1n) is 9.61. The van der Waals surface area contributed by atoms with Gasteiger partial charge in [0.2, 0.25) is 0 Å². The van der Waals surface area contributed by atoms with Gasteiger partial charge in [-0.3, -0.25) is 0 Å². The van der Waals surface area contributed by atoms with Crippen LogP contribution >= 0.6 is 0 Å². The molecule has 1 aromatic heterocycles. The predicted molar refractivity (Wildman–Crippen MR) is 92.9 cm³/mol. The topological polar surface area (TPSA) is 54.5 Å². The molecular formula is C18H36N4. The van der Waals surface area contributed by atoms with Crippen molar-refractivity contribution in [1.82, 2.24) is 20.6 Å². The molecule has 22 heavy (non-hydrogen) atoms. The number of hydrogen-bond acceptors (Lipinski definition) is 3. The van der Waals surface area contributed by atoms with Crippen LogP contribution in [0.15, 0.2) is 0 Å². The monoisotopic (exact) mass is 308 g/mol. The zero-order valence-electron chi connectivity index (χ0n) is 14.8. The predicted octanol–water partition coefficient (Wildman–Crippen LogP) is 5.78.